The molecule has 1 heterocycles. The average Bonchev–Trinajstić information content (AvgIpc) is 3.01. The molecular weight excluding hydrogens is 338 g/mol. The zero-order chi connectivity index (χ0) is 17.0. The average molecular weight is 362 g/mol. The van der Waals surface area contributed by atoms with Crippen molar-refractivity contribution < 1.29 is 8.42 Å². The Hall–Kier alpha value is -1.33. The highest BCUT2D eigenvalue weighted by Crippen LogP contribution is 2.41. The lowest BCUT2D eigenvalue weighted by Gasteiger charge is -2.23. The number of benzene rings is 1. The van der Waals surface area contributed by atoms with Gasteiger partial charge in [0.15, 0.2) is 9.84 Å². The second-order valence-electron chi connectivity index (χ2n) is 6.48. The van der Waals surface area contributed by atoms with E-state index in [-0.39, 0.29) is 0 Å². The molecule has 1 fully saturated rings. The Bertz CT molecular complexity index is 747. The third-order valence-corrected chi connectivity index (χ3v) is 8.64. The minimum Gasteiger partial charge on any atom is -0.250 e. The van der Waals surface area contributed by atoms with E-state index in [4.69, 9.17) is 0 Å². The minimum absolute atomic E-state index is 0.407. The summed E-state index contributed by atoms with van der Waals surface area (Å²) in [5.41, 5.74) is 0. The van der Waals surface area contributed by atoms with E-state index < -0.39 is 14.4 Å². The van der Waals surface area contributed by atoms with Gasteiger partial charge in [0.05, 0.1) is 9.92 Å². The van der Waals surface area contributed by atoms with Crippen molar-refractivity contribution in [3.8, 4) is 0 Å². The van der Waals surface area contributed by atoms with Crippen molar-refractivity contribution in [2.75, 3.05) is 0 Å². The van der Waals surface area contributed by atoms with Gasteiger partial charge in [0.25, 0.3) is 0 Å². The second kappa shape index (κ2) is 7.70. The third kappa shape index (κ3) is 4.01. The summed E-state index contributed by atoms with van der Waals surface area (Å²) in [5, 5.41) is 0.771. The molecule has 0 radical (unpaired) electrons. The molecule has 2 aromatic rings. The summed E-state index contributed by atoms with van der Waals surface area (Å²) < 4.78 is 25.9. The van der Waals surface area contributed by atoms with Gasteiger partial charge in [-0.1, -0.05) is 62.2 Å². The summed E-state index contributed by atoms with van der Waals surface area (Å²) >= 11 is 1.38. The van der Waals surface area contributed by atoms with Crippen LogP contribution in [-0.2, 0) is 9.84 Å². The highest BCUT2D eigenvalue weighted by molar-refractivity contribution is 8.13. The Morgan fingerprint density at radius 1 is 1.12 bits per heavy atom. The quantitative estimate of drug-likeness (QED) is 0.693. The summed E-state index contributed by atoms with van der Waals surface area (Å²) in [6.07, 6.45) is 5.95. The number of pyridine rings is 1. The van der Waals surface area contributed by atoms with Crippen molar-refractivity contribution in [2.45, 2.75) is 47.1 Å². The van der Waals surface area contributed by atoms with E-state index in [1.165, 1.54) is 24.6 Å². The highest BCUT2D eigenvalue weighted by Gasteiger charge is 2.34. The van der Waals surface area contributed by atoms with Crippen molar-refractivity contribution >= 4 is 21.6 Å². The van der Waals surface area contributed by atoms with Crippen molar-refractivity contribution in [2.24, 2.45) is 11.8 Å². The van der Waals surface area contributed by atoms with Crippen molar-refractivity contribution in [3.05, 3.63) is 54.7 Å². The molecule has 3 atom stereocenters. The Morgan fingerprint density at radius 3 is 2.50 bits per heavy atom. The van der Waals surface area contributed by atoms with E-state index >= 15 is 0 Å². The van der Waals surface area contributed by atoms with E-state index in [1.54, 1.807) is 30.5 Å². The van der Waals surface area contributed by atoms with Crippen molar-refractivity contribution in [1.29, 1.82) is 0 Å². The van der Waals surface area contributed by atoms with Gasteiger partial charge in [-0.25, -0.2) is 13.4 Å². The molecule has 1 aliphatic rings. The first-order valence-electron chi connectivity index (χ1n) is 8.44. The molecule has 0 aliphatic heterocycles. The number of hydrogen-bond acceptors (Lipinski definition) is 4. The molecule has 3 rings (SSSR count). The lowest BCUT2D eigenvalue weighted by atomic mass is 9.96. The largest absolute Gasteiger partial charge is 0.250 e. The fourth-order valence-electron chi connectivity index (χ4n) is 3.37. The van der Waals surface area contributed by atoms with Gasteiger partial charge in [0, 0.05) is 6.20 Å². The molecule has 1 aromatic carbocycles. The molecule has 1 aliphatic carbocycles. The lowest BCUT2D eigenvalue weighted by molar-refractivity contribution is 0.401. The molecule has 0 N–H and O–H groups in total. The summed E-state index contributed by atoms with van der Waals surface area (Å²) in [6.45, 7) is 2.25. The van der Waals surface area contributed by atoms with Gasteiger partial charge in [-0.2, -0.15) is 0 Å². The Labute approximate surface area is 148 Å². The van der Waals surface area contributed by atoms with Crippen LogP contribution in [0.3, 0.4) is 0 Å². The lowest BCUT2D eigenvalue weighted by Crippen LogP contribution is -2.23. The Morgan fingerprint density at radius 2 is 1.88 bits per heavy atom. The first kappa shape index (κ1) is 17.5. The summed E-state index contributed by atoms with van der Waals surface area (Å²) in [4.78, 5) is 4.72. The van der Waals surface area contributed by atoms with E-state index in [0.717, 1.165) is 11.4 Å². The zero-order valence-corrected chi connectivity index (χ0v) is 15.5. The van der Waals surface area contributed by atoms with Crippen molar-refractivity contribution in [1.82, 2.24) is 4.98 Å². The number of hydrogen-bond donors (Lipinski definition) is 0. The molecule has 0 spiro atoms. The van der Waals surface area contributed by atoms with Crippen LogP contribution in [0.5, 0.6) is 0 Å². The molecule has 3 nitrogen and oxygen atoms in total. The number of nitrogens with zero attached hydrogens (tertiary/aromatic N) is 1. The van der Waals surface area contributed by atoms with Gasteiger partial charge in [-0.3, -0.25) is 0 Å². The number of sulfone groups is 1. The standard InChI is InChI=1S/C19H23NO2S2/c1-15-8-7-9-16(15)14-19(23-18-12-5-6-13-20-18)24(21,22)17-10-3-2-4-11-17/h2-6,10-13,15-16,19H,7-9,14H2,1H3/t15-,16+,19?/m0/s1. The first-order valence-corrected chi connectivity index (χ1v) is 10.9. The number of rotatable bonds is 6. The van der Waals surface area contributed by atoms with Crippen LogP contribution in [0.1, 0.15) is 32.6 Å². The Kier molecular flexibility index (Phi) is 5.61. The van der Waals surface area contributed by atoms with Crippen LogP contribution >= 0.6 is 11.8 Å². The molecule has 1 unspecified atom stereocenters. The highest BCUT2D eigenvalue weighted by atomic mass is 32.3. The van der Waals surface area contributed by atoms with Gasteiger partial charge >= 0.3 is 0 Å². The zero-order valence-electron chi connectivity index (χ0n) is 13.8. The molecule has 1 saturated carbocycles. The van der Waals surface area contributed by atoms with E-state index in [1.807, 2.05) is 24.3 Å². The molecule has 24 heavy (non-hydrogen) atoms. The monoisotopic (exact) mass is 361 g/mol. The van der Waals surface area contributed by atoms with Crippen LogP contribution in [0.15, 0.2) is 64.6 Å². The molecule has 5 heteroatoms. The predicted octanol–water partition coefficient (Wildman–Crippen LogP) is 4.80. The second-order valence-corrected chi connectivity index (χ2v) is 10.1. The molecule has 0 saturated heterocycles. The van der Waals surface area contributed by atoms with E-state index in [0.29, 0.717) is 23.2 Å². The molecular formula is C19H23NO2S2. The van der Waals surface area contributed by atoms with Crippen LogP contribution in [0.4, 0.5) is 0 Å². The summed E-state index contributed by atoms with van der Waals surface area (Å²) in [6, 6.07) is 14.4. The number of thioether (sulfide) groups is 1. The molecule has 128 valence electrons. The van der Waals surface area contributed by atoms with Crippen LogP contribution < -0.4 is 0 Å². The SMILES string of the molecule is C[C@H]1CCC[C@@H]1CC(Sc1ccccn1)S(=O)(=O)c1ccccc1. The fraction of sp³-hybridized carbons (Fsp3) is 0.421. The van der Waals surface area contributed by atoms with Gasteiger partial charge in [0.1, 0.15) is 4.58 Å². The topological polar surface area (TPSA) is 47.0 Å². The van der Waals surface area contributed by atoms with Crippen LogP contribution in [0.25, 0.3) is 0 Å². The minimum atomic E-state index is -3.39. The predicted molar refractivity (Wildman–Crippen MR) is 98.6 cm³/mol. The first-order chi connectivity index (χ1) is 11.6. The van der Waals surface area contributed by atoms with Crippen LogP contribution in [-0.4, -0.2) is 18.0 Å². The van der Waals surface area contributed by atoms with Gasteiger partial charge < -0.3 is 0 Å². The van der Waals surface area contributed by atoms with E-state index in [9.17, 15) is 8.42 Å². The third-order valence-electron chi connectivity index (χ3n) is 4.84. The van der Waals surface area contributed by atoms with E-state index in [2.05, 4.69) is 11.9 Å². The van der Waals surface area contributed by atoms with Gasteiger partial charge in [-0.15, -0.1) is 0 Å². The normalized spacial score (nSPS) is 22.4. The number of aromatic nitrogens is 1. The molecule has 0 bridgehead atoms. The maximum atomic E-state index is 13.2. The van der Waals surface area contributed by atoms with Crippen LogP contribution in [0.2, 0.25) is 0 Å². The summed E-state index contributed by atoms with van der Waals surface area (Å²) in [7, 11) is -3.39. The fourth-order valence-corrected chi connectivity index (χ4v) is 6.74. The molecule has 1 aromatic heterocycles. The van der Waals surface area contributed by atoms with Gasteiger partial charge in [0.2, 0.25) is 0 Å². The Balaban J connectivity index is 1.89. The van der Waals surface area contributed by atoms with Crippen LogP contribution in [0, 0.1) is 11.8 Å². The van der Waals surface area contributed by atoms with Crippen molar-refractivity contribution in [3.63, 3.8) is 0 Å². The molecule has 0 amide bonds. The maximum absolute atomic E-state index is 13.2. The summed E-state index contributed by atoms with van der Waals surface area (Å²) in [5.74, 6) is 1.08. The smallest absolute Gasteiger partial charge is 0.190 e. The van der Waals surface area contributed by atoms with Gasteiger partial charge in [-0.05, 0) is 42.5 Å². The maximum Gasteiger partial charge on any atom is 0.190 e.